The van der Waals surface area contributed by atoms with Crippen molar-refractivity contribution in [1.29, 1.82) is 0 Å². The van der Waals surface area contributed by atoms with E-state index in [4.69, 9.17) is 12.2 Å². The maximum Gasteiger partial charge on any atom is 0.265 e. The van der Waals surface area contributed by atoms with E-state index in [9.17, 15) is 18.0 Å². The Bertz CT molecular complexity index is 1550. The van der Waals surface area contributed by atoms with E-state index >= 15 is 0 Å². The quantitative estimate of drug-likeness (QED) is 0.349. The molecule has 0 heterocycles. The molecule has 35 heavy (non-hydrogen) atoms. The van der Waals surface area contributed by atoms with Crippen LogP contribution in [0.1, 0.15) is 26.3 Å². The number of aryl methyl sites for hydroxylation is 1. The van der Waals surface area contributed by atoms with Gasteiger partial charge in [-0.2, -0.15) is 0 Å². The minimum atomic E-state index is -4.10. The van der Waals surface area contributed by atoms with Crippen molar-refractivity contribution >= 4 is 55.6 Å². The number of anilines is 1. The molecule has 4 aromatic carbocycles. The summed E-state index contributed by atoms with van der Waals surface area (Å²) in [6.07, 6.45) is 0. The Morgan fingerprint density at radius 1 is 0.771 bits per heavy atom. The average molecular weight is 504 g/mol. The van der Waals surface area contributed by atoms with Crippen LogP contribution in [0.2, 0.25) is 0 Å². The van der Waals surface area contributed by atoms with Gasteiger partial charge >= 0.3 is 0 Å². The van der Waals surface area contributed by atoms with Crippen LogP contribution in [-0.2, 0) is 10.0 Å². The SMILES string of the molecule is Cc1ccccc1C(=O)NC(=S)Nc1ccc(S(=O)(=O)NC(=O)c2ccc3ccccc3c2)cc1. The van der Waals surface area contributed by atoms with Crippen LogP contribution in [0.25, 0.3) is 10.8 Å². The molecular weight excluding hydrogens is 482 g/mol. The van der Waals surface area contributed by atoms with Gasteiger partial charge < -0.3 is 5.32 Å². The first-order valence-electron chi connectivity index (χ1n) is 10.6. The highest BCUT2D eigenvalue weighted by Crippen LogP contribution is 2.18. The van der Waals surface area contributed by atoms with Crippen LogP contribution in [0, 0.1) is 6.92 Å². The molecule has 0 unspecified atom stereocenters. The molecule has 176 valence electrons. The zero-order valence-electron chi connectivity index (χ0n) is 18.6. The van der Waals surface area contributed by atoms with E-state index in [1.54, 1.807) is 30.3 Å². The lowest BCUT2D eigenvalue weighted by molar-refractivity contribution is 0.0970. The molecular formula is C26H21N3O4S2. The Kier molecular flexibility index (Phi) is 6.90. The highest BCUT2D eigenvalue weighted by Gasteiger charge is 2.19. The van der Waals surface area contributed by atoms with Gasteiger partial charge in [0.2, 0.25) is 0 Å². The Morgan fingerprint density at radius 3 is 2.14 bits per heavy atom. The number of carbonyl (C=O) groups is 2. The maximum atomic E-state index is 12.7. The van der Waals surface area contributed by atoms with Gasteiger partial charge in [-0.15, -0.1) is 0 Å². The van der Waals surface area contributed by atoms with Crippen LogP contribution in [0.3, 0.4) is 0 Å². The average Bonchev–Trinajstić information content (AvgIpc) is 2.84. The third kappa shape index (κ3) is 5.71. The smallest absolute Gasteiger partial charge is 0.265 e. The fourth-order valence-corrected chi connectivity index (χ4v) is 4.63. The van der Waals surface area contributed by atoms with Gasteiger partial charge in [-0.1, -0.05) is 48.5 Å². The van der Waals surface area contributed by atoms with Crippen LogP contribution in [0.15, 0.2) is 95.9 Å². The summed E-state index contributed by atoms with van der Waals surface area (Å²) in [6, 6.07) is 25.2. The first-order chi connectivity index (χ1) is 16.7. The van der Waals surface area contributed by atoms with Gasteiger partial charge in [0.15, 0.2) is 5.11 Å². The summed E-state index contributed by atoms with van der Waals surface area (Å²) in [5.74, 6) is -1.07. The first kappa shape index (κ1) is 24.1. The third-order valence-corrected chi connectivity index (χ3v) is 6.83. The van der Waals surface area contributed by atoms with Crippen molar-refractivity contribution in [1.82, 2.24) is 10.0 Å². The van der Waals surface area contributed by atoms with Crippen LogP contribution < -0.4 is 15.4 Å². The molecule has 4 aromatic rings. The van der Waals surface area contributed by atoms with Gasteiger partial charge in [0, 0.05) is 16.8 Å². The summed E-state index contributed by atoms with van der Waals surface area (Å²) >= 11 is 5.19. The number of amides is 2. The molecule has 0 bridgehead atoms. The molecule has 0 saturated carbocycles. The number of carbonyl (C=O) groups excluding carboxylic acids is 2. The van der Waals surface area contributed by atoms with Crippen molar-refractivity contribution in [3.8, 4) is 0 Å². The van der Waals surface area contributed by atoms with Gasteiger partial charge in [-0.3, -0.25) is 14.9 Å². The van der Waals surface area contributed by atoms with Gasteiger partial charge in [0.25, 0.3) is 21.8 Å². The Balaban J connectivity index is 1.40. The molecule has 9 heteroatoms. The molecule has 0 aromatic heterocycles. The topological polar surface area (TPSA) is 104 Å². The summed E-state index contributed by atoms with van der Waals surface area (Å²) in [6.45, 7) is 1.82. The molecule has 0 spiro atoms. The van der Waals surface area contributed by atoms with Crippen molar-refractivity contribution in [2.45, 2.75) is 11.8 Å². The monoisotopic (exact) mass is 503 g/mol. The fraction of sp³-hybridized carbons (Fsp3) is 0.0385. The summed E-state index contributed by atoms with van der Waals surface area (Å²) < 4.78 is 27.5. The van der Waals surface area contributed by atoms with Gasteiger partial charge in [-0.25, -0.2) is 13.1 Å². The van der Waals surface area contributed by atoms with E-state index in [2.05, 4.69) is 15.4 Å². The van der Waals surface area contributed by atoms with Crippen molar-refractivity contribution < 1.29 is 18.0 Å². The van der Waals surface area contributed by atoms with E-state index in [-0.39, 0.29) is 21.5 Å². The molecule has 0 radical (unpaired) electrons. The van der Waals surface area contributed by atoms with Gasteiger partial charge in [0.1, 0.15) is 0 Å². The predicted octanol–water partition coefficient (Wildman–Crippen LogP) is 4.39. The normalized spacial score (nSPS) is 11.0. The molecule has 3 N–H and O–H groups in total. The minimum Gasteiger partial charge on any atom is -0.332 e. The second-order valence-electron chi connectivity index (χ2n) is 7.74. The van der Waals surface area contributed by atoms with E-state index in [0.717, 1.165) is 16.3 Å². The van der Waals surface area contributed by atoms with E-state index in [1.165, 1.54) is 24.3 Å². The van der Waals surface area contributed by atoms with E-state index in [1.807, 2.05) is 43.3 Å². The van der Waals surface area contributed by atoms with Crippen molar-refractivity contribution in [3.05, 3.63) is 108 Å². The molecule has 7 nitrogen and oxygen atoms in total. The van der Waals surface area contributed by atoms with Crippen molar-refractivity contribution in [3.63, 3.8) is 0 Å². The number of nitrogens with one attached hydrogen (secondary N) is 3. The second kappa shape index (κ2) is 10.0. The van der Waals surface area contributed by atoms with Crippen LogP contribution in [-0.4, -0.2) is 25.3 Å². The number of sulfonamides is 1. The fourth-order valence-electron chi connectivity index (χ4n) is 3.45. The highest BCUT2D eigenvalue weighted by atomic mass is 32.2. The third-order valence-electron chi connectivity index (χ3n) is 5.28. The Morgan fingerprint density at radius 2 is 1.43 bits per heavy atom. The van der Waals surface area contributed by atoms with Crippen molar-refractivity contribution in [2.75, 3.05) is 5.32 Å². The first-order valence-corrected chi connectivity index (χ1v) is 12.5. The number of benzene rings is 4. The van der Waals surface area contributed by atoms with Crippen LogP contribution in [0.4, 0.5) is 5.69 Å². The summed E-state index contributed by atoms with van der Waals surface area (Å²) in [5.41, 5.74) is 2.02. The zero-order valence-corrected chi connectivity index (χ0v) is 20.2. The molecule has 2 amide bonds. The number of fused-ring (bicyclic) bond motifs is 1. The van der Waals surface area contributed by atoms with Crippen LogP contribution in [0.5, 0.6) is 0 Å². The summed E-state index contributed by atoms with van der Waals surface area (Å²) in [7, 11) is -4.10. The molecule has 0 atom stereocenters. The maximum absolute atomic E-state index is 12.7. The molecule has 0 aliphatic rings. The lowest BCUT2D eigenvalue weighted by Gasteiger charge is -2.12. The summed E-state index contributed by atoms with van der Waals surface area (Å²) in [4.78, 5) is 24.9. The molecule has 4 rings (SSSR count). The second-order valence-corrected chi connectivity index (χ2v) is 9.83. The van der Waals surface area contributed by atoms with Crippen LogP contribution >= 0.6 is 12.2 Å². The Hall–Kier alpha value is -4.08. The van der Waals surface area contributed by atoms with Gasteiger partial charge in [0.05, 0.1) is 4.90 Å². The highest BCUT2D eigenvalue weighted by molar-refractivity contribution is 7.90. The molecule has 0 fully saturated rings. The van der Waals surface area contributed by atoms with E-state index < -0.39 is 15.9 Å². The lowest BCUT2D eigenvalue weighted by Crippen LogP contribution is -2.34. The number of thiocarbonyl (C=S) groups is 1. The van der Waals surface area contributed by atoms with Crippen molar-refractivity contribution in [2.24, 2.45) is 0 Å². The number of rotatable bonds is 5. The predicted molar refractivity (Wildman–Crippen MR) is 140 cm³/mol. The minimum absolute atomic E-state index is 0.0680. The summed E-state index contributed by atoms with van der Waals surface area (Å²) in [5, 5.41) is 7.28. The standard InChI is InChI=1S/C26H21N3O4S2/c1-17-6-2-5-9-23(17)25(31)28-26(34)27-21-12-14-22(15-13-21)35(32,33)29-24(30)20-11-10-18-7-3-4-8-19(18)16-20/h2-16H,1H3,(H,29,30)(H2,27,28,31,34). The number of hydrogen-bond donors (Lipinski definition) is 3. The zero-order chi connectivity index (χ0) is 25.0. The molecule has 0 aliphatic heterocycles. The number of hydrogen-bond acceptors (Lipinski definition) is 5. The van der Waals surface area contributed by atoms with E-state index in [0.29, 0.717) is 11.3 Å². The largest absolute Gasteiger partial charge is 0.332 e. The molecule has 0 aliphatic carbocycles. The Labute approximate surface area is 208 Å². The molecule has 0 saturated heterocycles. The van der Waals surface area contributed by atoms with Gasteiger partial charge in [-0.05, 0) is 77.9 Å². The lowest BCUT2D eigenvalue weighted by atomic mass is 10.1.